The monoisotopic (exact) mass is 368 g/mol. The van der Waals surface area contributed by atoms with E-state index in [4.69, 9.17) is 5.73 Å². The van der Waals surface area contributed by atoms with Crippen LogP contribution in [0.1, 0.15) is 18.1 Å². The van der Waals surface area contributed by atoms with Gasteiger partial charge in [-0.3, -0.25) is 4.98 Å². The highest BCUT2D eigenvalue weighted by atomic mass is 79.9. The third-order valence-electron chi connectivity index (χ3n) is 2.84. The third-order valence-corrected chi connectivity index (χ3v) is 3.80. The average Bonchev–Trinajstić information content (AvgIpc) is 2.29. The van der Waals surface area contributed by atoms with Gasteiger partial charge >= 0.3 is 0 Å². The maximum atomic E-state index is 6.41. The molecule has 0 aliphatic heterocycles. The van der Waals surface area contributed by atoms with Gasteiger partial charge in [0, 0.05) is 26.9 Å². The van der Waals surface area contributed by atoms with Crippen LogP contribution in [0.5, 0.6) is 0 Å². The van der Waals surface area contributed by atoms with Gasteiger partial charge in [0.25, 0.3) is 0 Å². The fourth-order valence-electron chi connectivity index (χ4n) is 1.91. The highest BCUT2D eigenvalue weighted by molar-refractivity contribution is 9.10. The highest BCUT2D eigenvalue weighted by Crippen LogP contribution is 2.25. The summed E-state index contributed by atoms with van der Waals surface area (Å²) in [6.45, 7) is 2.04. The largest absolute Gasteiger partial charge is 0.321 e. The Hall–Kier alpha value is -0.710. The van der Waals surface area contributed by atoms with Crippen LogP contribution >= 0.6 is 31.9 Å². The molecule has 0 fully saturated rings. The third kappa shape index (κ3) is 3.40. The fourth-order valence-corrected chi connectivity index (χ4v) is 2.59. The van der Waals surface area contributed by atoms with E-state index < -0.39 is 5.54 Å². The Morgan fingerprint density at radius 3 is 2.39 bits per heavy atom. The first-order valence-electron chi connectivity index (χ1n) is 5.62. The number of rotatable bonds is 3. The number of benzene rings is 1. The van der Waals surface area contributed by atoms with Crippen molar-refractivity contribution in [3.05, 3.63) is 62.8 Å². The first-order chi connectivity index (χ1) is 8.47. The van der Waals surface area contributed by atoms with Crippen molar-refractivity contribution in [3.8, 4) is 0 Å². The second kappa shape index (κ2) is 5.51. The molecule has 2 aromatic rings. The van der Waals surface area contributed by atoms with Gasteiger partial charge < -0.3 is 5.73 Å². The summed E-state index contributed by atoms with van der Waals surface area (Å²) >= 11 is 6.86. The Bertz CT molecular complexity index is 536. The van der Waals surface area contributed by atoms with Gasteiger partial charge in [-0.25, -0.2) is 0 Å². The van der Waals surface area contributed by atoms with Crippen molar-refractivity contribution in [3.63, 3.8) is 0 Å². The van der Waals surface area contributed by atoms with Crippen molar-refractivity contribution in [1.29, 1.82) is 0 Å². The topological polar surface area (TPSA) is 38.9 Å². The molecule has 1 heterocycles. The van der Waals surface area contributed by atoms with Crippen LogP contribution in [0.2, 0.25) is 0 Å². The Kier molecular flexibility index (Phi) is 4.20. The Morgan fingerprint density at radius 1 is 1.11 bits per heavy atom. The van der Waals surface area contributed by atoms with Gasteiger partial charge in [0.1, 0.15) is 0 Å². The van der Waals surface area contributed by atoms with Gasteiger partial charge in [-0.05, 0) is 58.6 Å². The van der Waals surface area contributed by atoms with E-state index in [-0.39, 0.29) is 0 Å². The molecular weight excluding hydrogens is 356 g/mol. The van der Waals surface area contributed by atoms with Crippen molar-refractivity contribution in [2.24, 2.45) is 5.73 Å². The summed E-state index contributed by atoms with van der Waals surface area (Å²) in [5, 5.41) is 0. The summed E-state index contributed by atoms with van der Waals surface area (Å²) in [5.74, 6) is 0. The average molecular weight is 370 g/mol. The van der Waals surface area contributed by atoms with E-state index in [9.17, 15) is 0 Å². The van der Waals surface area contributed by atoms with Crippen molar-refractivity contribution >= 4 is 31.9 Å². The Balaban J connectivity index is 2.23. The number of pyridine rings is 1. The number of hydrogen-bond acceptors (Lipinski definition) is 2. The normalized spacial score (nSPS) is 14.2. The number of nitrogens with zero attached hydrogens (tertiary/aromatic N) is 1. The quantitative estimate of drug-likeness (QED) is 0.887. The molecule has 18 heavy (non-hydrogen) atoms. The molecule has 2 rings (SSSR count). The molecule has 2 N–H and O–H groups in total. The van der Waals surface area contributed by atoms with E-state index >= 15 is 0 Å². The molecule has 1 aromatic carbocycles. The molecule has 0 saturated heterocycles. The summed E-state index contributed by atoms with van der Waals surface area (Å²) in [7, 11) is 0. The molecular formula is C14H14Br2N2. The zero-order valence-electron chi connectivity index (χ0n) is 10.0. The van der Waals surface area contributed by atoms with Gasteiger partial charge in [-0.1, -0.05) is 28.1 Å². The van der Waals surface area contributed by atoms with Gasteiger partial charge in [-0.2, -0.15) is 0 Å². The summed E-state index contributed by atoms with van der Waals surface area (Å²) in [4.78, 5) is 4.17. The summed E-state index contributed by atoms with van der Waals surface area (Å²) in [6.07, 6.45) is 4.38. The van der Waals surface area contributed by atoms with Crippen LogP contribution in [-0.4, -0.2) is 4.98 Å². The summed E-state index contributed by atoms with van der Waals surface area (Å²) in [6, 6.07) is 10.2. The summed E-state index contributed by atoms with van der Waals surface area (Å²) < 4.78 is 2.04. The molecule has 1 unspecified atom stereocenters. The Labute approximate surface area is 124 Å². The molecule has 94 valence electrons. The maximum absolute atomic E-state index is 6.41. The number of aromatic nitrogens is 1. The van der Waals surface area contributed by atoms with Crippen LogP contribution in [0.3, 0.4) is 0 Å². The molecule has 1 aromatic heterocycles. The molecule has 0 amide bonds. The molecule has 4 heteroatoms. The molecule has 0 spiro atoms. The highest BCUT2D eigenvalue weighted by Gasteiger charge is 2.21. The van der Waals surface area contributed by atoms with E-state index in [0.29, 0.717) is 0 Å². The minimum atomic E-state index is -0.400. The lowest BCUT2D eigenvalue weighted by Crippen LogP contribution is -2.35. The van der Waals surface area contributed by atoms with Crippen LogP contribution in [-0.2, 0) is 12.0 Å². The van der Waals surface area contributed by atoms with E-state index in [0.717, 1.165) is 26.5 Å². The standard InChI is InChI=1S/C14H14Br2N2/c1-14(17,11-2-4-12(15)5-3-11)7-10-6-13(16)9-18-8-10/h2-6,8-9H,7,17H2,1H3. The maximum Gasteiger partial charge on any atom is 0.0422 e. The molecule has 0 radical (unpaired) electrons. The van der Waals surface area contributed by atoms with Crippen molar-refractivity contribution in [2.75, 3.05) is 0 Å². The molecule has 0 bridgehead atoms. The number of halogens is 2. The second-order valence-corrected chi connectivity index (χ2v) is 6.44. The SMILES string of the molecule is CC(N)(Cc1cncc(Br)c1)c1ccc(Br)cc1. The van der Waals surface area contributed by atoms with Crippen molar-refractivity contribution in [1.82, 2.24) is 4.98 Å². The van der Waals surface area contributed by atoms with Crippen molar-refractivity contribution in [2.45, 2.75) is 18.9 Å². The van der Waals surface area contributed by atoms with Crippen LogP contribution in [0.15, 0.2) is 51.7 Å². The minimum absolute atomic E-state index is 0.400. The predicted molar refractivity (Wildman–Crippen MR) is 81.3 cm³/mol. The number of nitrogens with two attached hydrogens (primary N) is 1. The molecule has 0 aliphatic carbocycles. The summed E-state index contributed by atoms with van der Waals surface area (Å²) in [5.41, 5.74) is 8.25. The smallest absolute Gasteiger partial charge is 0.0422 e. The van der Waals surface area contributed by atoms with Gasteiger partial charge in [-0.15, -0.1) is 0 Å². The fraction of sp³-hybridized carbons (Fsp3) is 0.214. The zero-order chi connectivity index (χ0) is 13.2. The Morgan fingerprint density at radius 2 is 1.78 bits per heavy atom. The van der Waals surface area contributed by atoms with E-state index in [2.05, 4.69) is 55.0 Å². The van der Waals surface area contributed by atoms with E-state index in [1.807, 2.05) is 25.3 Å². The molecule has 2 nitrogen and oxygen atoms in total. The second-order valence-electron chi connectivity index (χ2n) is 4.61. The first kappa shape index (κ1) is 13.7. The molecule has 1 atom stereocenters. The minimum Gasteiger partial charge on any atom is -0.321 e. The van der Waals surface area contributed by atoms with Crippen LogP contribution in [0, 0.1) is 0 Å². The van der Waals surface area contributed by atoms with Crippen LogP contribution in [0.4, 0.5) is 0 Å². The zero-order valence-corrected chi connectivity index (χ0v) is 13.2. The van der Waals surface area contributed by atoms with Crippen LogP contribution < -0.4 is 5.73 Å². The van der Waals surface area contributed by atoms with Gasteiger partial charge in [0.05, 0.1) is 0 Å². The predicted octanol–water partition coefficient (Wildman–Crippen LogP) is 4.02. The molecule has 0 saturated carbocycles. The van der Waals surface area contributed by atoms with Crippen molar-refractivity contribution < 1.29 is 0 Å². The molecule has 0 aliphatic rings. The van der Waals surface area contributed by atoms with Gasteiger partial charge in [0.15, 0.2) is 0 Å². The lowest BCUT2D eigenvalue weighted by Gasteiger charge is -2.25. The lowest BCUT2D eigenvalue weighted by atomic mass is 9.87. The number of hydrogen-bond donors (Lipinski definition) is 1. The van der Waals surface area contributed by atoms with Gasteiger partial charge in [0.2, 0.25) is 0 Å². The first-order valence-corrected chi connectivity index (χ1v) is 7.20. The lowest BCUT2D eigenvalue weighted by molar-refractivity contribution is 0.490. The van der Waals surface area contributed by atoms with E-state index in [1.54, 1.807) is 6.20 Å². The van der Waals surface area contributed by atoms with Crippen LogP contribution in [0.25, 0.3) is 0 Å². The van der Waals surface area contributed by atoms with E-state index in [1.165, 1.54) is 0 Å².